The number of carbonyl (C=O) groups excluding carboxylic acids is 1. The Morgan fingerprint density at radius 2 is 2.05 bits per heavy atom. The van der Waals surface area contributed by atoms with Gasteiger partial charge >= 0.3 is 0 Å². The van der Waals surface area contributed by atoms with Crippen LogP contribution in [0.3, 0.4) is 0 Å². The minimum atomic E-state index is -0.155. The number of hydrogen-bond acceptors (Lipinski definition) is 5. The standard InChI is InChI=1S/C14H23N3O3/c1-17(2)13-5-4-11(10-12(13)15)14(18)16-6-7-20-9-8-19-3/h4-5,10H,6-9,15H2,1-3H3,(H,16,18). The van der Waals surface area contributed by atoms with E-state index >= 15 is 0 Å². The SMILES string of the molecule is COCCOCCNC(=O)c1ccc(N(C)C)c(N)c1. The van der Waals surface area contributed by atoms with Crippen LogP contribution in [0.1, 0.15) is 10.4 Å². The van der Waals surface area contributed by atoms with E-state index in [9.17, 15) is 4.79 Å². The summed E-state index contributed by atoms with van der Waals surface area (Å²) in [7, 11) is 5.43. The van der Waals surface area contributed by atoms with Gasteiger partial charge in [-0.05, 0) is 18.2 Å². The smallest absolute Gasteiger partial charge is 0.251 e. The predicted molar refractivity (Wildman–Crippen MR) is 80.2 cm³/mol. The van der Waals surface area contributed by atoms with E-state index in [4.69, 9.17) is 15.2 Å². The molecule has 0 aliphatic carbocycles. The van der Waals surface area contributed by atoms with Gasteiger partial charge in [0.05, 0.1) is 31.2 Å². The molecule has 3 N–H and O–H groups in total. The molecule has 0 aliphatic rings. The van der Waals surface area contributed by atoms with Crippen molar-refractivity contribution >= 4 is 17.3 Å². The zero-order chi connectivity index (χ0) is 15.0. The van der Waals surface area contributed by atoms with E-state index in [0.29, 0.717) is 37.6 Å². The van der Waals surface area contributed by atoms with E-state index in [1.807, 2.05) is 25.1 Å². The Hall–Kier alpha value is -1.79. The zero-order valence-corrected chi connectivity index (χ0v) is 12.3. The topological polar surface area (TPSA) is 76.8 Å². The first-order valence-electron chi connectivity index (χ1n) is 6.48. The van der Waals surface area contributed by atoms with Gasteiger partial charge in [0, 0.05) is 33.3 Å². The van der Waals surface area contributed by atoms with Crippen molar-refractivity contribution in [3.05, 3.63) is 23.8 Å². The van der Waals surface area contributed by atoms with Crippen LogP contribution in [0, 0.1) is 0 Å². The molecular formula is C14H23N3O3. The maximum Gasteiger partial charge on any atom is 0.251 e. The molecule has 0 saturated carbocycles. The zero-order valence-electron chi connectivity index (χ0n) is 12.3. The molecule has 1 rings (SSSR count). The molecule has 0 unspecified atom stereocenters. The largest absolute Gasteiger partial charge is 0.397 e. The highest BCUT2D eigenvalue weighted by Crippen LogP contribution is 2.22. The number of anilines is 2. The van der Waals surface area contributed by atoms with Gasteiger partial charge in [0.15, 0.2) is 0 Å². The molecule has 0 atom stereocenters. The molecule has 0 radical (unpaired) electrons. The number of hydrogen-bond donors (Lipinski definition) is 2. The molecule has 0 aromatic heterocycles. The molecule has 112 valence electrons. The number of nitrogens with zero attached hydrogens (tertiary/aromatic N) is 1. The van der Waals surface area contributed by atoms with Crippen molar-refractivity contribution in [1.82, 2.24) is 5.32 Å². The third-order valence-corrected chi connectivity index (χ3v) is 2.74. The summed E-state index contributed by atoms with van der Waals surface area (Å²) >= 11 is 0. The summed E-state index contributed by atoms with van der Waals surface area (Å²) in [4.78, 5) is 13.8. The molecule has 0 bridgehead atoms. The van der Waals surface area contributed by atoms with Crippen LogP contribution in [0.5, 0.6) is 0 Å². The molecule has 0 fully saturated rings. The number of nitrogens with two attached hydrogens (primary N) is 1. The van der Waals surface area contributed by atoms with Gasteiger partial charge in [0.2, 0.25) is 0 Å². The fraction of sp³-hybridized carbons (Fsp3) is 0.500. The van der Waals surface area contributed by atoms with E-state index in [1.165, 1.54) is 0 Å². The Balaban J connectivity index is 2.42. The van der Waals surface area contributed by atoms with Crippen LogP contribution in [0.4, 0.5) is 11.4 Å². The monoisotopic (exact) mass is 281 g/mol. The third kappa shape index (κ3) is 5.07. The number of benzene rings is 1. The number of ether oxygens (including phenoxy) is 2. The lowest BCUT2D eigenvalue weighted by atomic mass is 10.1. The number of amides is 1. The second-order valence-electron chi connectivity index (χ2n) is 4.53. The second kappa shape index (κ2) is 8.39. The third-order valence-electron chi connectivity index (χ3n) is 2.74. The Morgan fingerprint density at radius 1 is 1.30 bits per heavy atom. The van der Waals surface area contributed by atoms with Gasteiger partial charge in [-0.3, -0.25) is 4.79 Å². The summed E-state index contributed by atoms with van der Waals surface area (Å²) in [6, 6.07) is 5.27. The first-order valence-corrected chi connectivity index (χ1v) is 6.48. The lowest BCUT2D eigenvalue weighted by Gasteiger charge is -2.15. The summed E-state index contributed by atoms with van der Waals surface area (Å²) < 4.78 is 10.1. The normalized spacial score (nSPS) is 10.3. The van der Waals surface area contributed by atoms with Crippen LogP contribution in [0.15, 0.2) is 18.2 Å². The van der Waals surface area contributed by atoms with Crippen LogP contribution >= 0.6 is 0 Å². The Bertz CT molecular complexity index is 436. The molecule has 20 heavy (non-hydrogen) atoms. The number of nitrogens with one attached hydrogen (secondary N) is 1. The molecule has 6 nitrogen and oxygen atoms in total. The molecular weight excluding hydrogens is 258 g/mol. The van der Waals surface area contributed by atoms with Crippen molar-refractivity contribution in [1.29, 1.82) is 0 Å². The van der Waals surface area contributed by atoms with Crippen LogP contribution in [-0.2, 0) is 9.47 Å². The summed E-state index contributed by atoms with van der Waals surface area (Å²) in [5.41, 5.74) is 7.93. The van der Waals surface area contributed by atoms with Crippen molar-refractivity contribution in [2.24, 2.45) is 0 Å². The summed E-state index contributed by atoms with van der Waals surface area (Å²) in [5.74, 6) is -0.155. The Morgan fingerprint density at radius 3 is 2.65 bits per heavy atom. The fourth-order valence-electron chi connectivity index (χ4n) is 1.69. The van der Waals surface area contributed by atoms with Gasteiger partial charge in [-0.1, -0.05) is 0 Å². The van der Waals surface area contributed by atoms with E-state index in [0.717, 1.165) is 5.69 Å². The van der Waals surface area contributed by atoms with Crippen molar-refractivity contribution < 1.29 is 14.3 Å². The lowest BCUT2D eigenvalue weighted by Crippen LogP contribution is -2.27. The van der Waals surface area contributed by atoms with Crippen molar-refractivity contribution in [2.45, 2.75) is 0 Å². The maximum atomic E-state index is 11.9. The van der Waals surface area contributed by atoms with Crippen LogP contribution in [0.2, 0.25) is 0 Å². The number of methoxy groups -OCH3 is 1. The van der Waals surface area contributed by atoms with E-state index in [-0.39, 0.29) is 5.91 Å². The molecule has 1 amide bonds. The molecule has 0 aliphatic heterocycles. The summed E-state index contributed by atoms with van der Waals surface area (Å²) in [5, 5.41) is 2.78. The van der Waals surface area contributed by atoms with Crippen LogP contribution in [0.25, 0.3) is 0 Å². The first kappa shape index (κ1) is 16.3. The minimum Gasteiger partial charge on any atom is -0.397 e. The maximum absolute atomic E-state index is 11.9. The predicted octanol–water partition coefficient (Wildman–Crippen LogP) is 0.728. The first-order chi connectivity index (χ1) is 9.56. The average molecular weight is 281 g/mol. The molecule has 6 heteroatoms. The fourth-order valence-corrected chi connectivity index (χ4v) is 1.69. The van der Waals surface area contributed by atoms with Crippen LogP contribution < -0.4 is 16.0 Å². The van der Waals surface area contributed by atoms with Gasteiger partial charge in [0.25, 0.3) is 5.91 Å². The van der Waals surface area contributed by atoms with Crippen molar-refractivity contribution in [3.63, 3.8) is 0 Å². The van der Waals surface area contributed by atoms with E-state index in [2.05, 4.69) is 5.32 Å². The highest BCUT2D eigenvalue weighted by atomic mass is 16.5. The van der Waals surface area contributed by atoms with E-state index in [1.54, 1.807) is 19.2 Å². The quantitative estimate of drug-likeness (QED) is 0.542. The van der Waals surface area contributed by atoms with Gasteiger partial charge in [0.1, 0.15) is 0 Å². The highest BCUT2D eigenvalue weighted by Gasteiger charge is 2.08. The summed E-state index contributed by atoms with van der Waals surface area (Å²) in [6.07, 6.45) is 0. The molecule has 1 aromatic rings. The average Bonchev–Trinajstić information content (AvgIpc) is 2.41. The second-order valence-corrected chi connectivity index (χ2v) is 4.53. The molecule has 0 spiro atoms. The van der Waals surface area contributed by atoms with Crippen molar-refractivity contribution in [3.8, 4) is 0 Å². The molecule has 1 aromatic carbocycles. The van der Waals surface area contributed by atoms with Gasteiger partial charge < -0.3 is 25.4 Å². The lowest BCUT2D eigenvalue weighted by molar-refractivity contribution is 0.0693. The van der Waals surface area contributed by atoms with Crippen LogP contribution in [-0.4, -0.2) is 53.5 Å². The number of nitrogen functional groups attached to an aromatic ring is 1. The Labute approximate surface area is 119 Å². The highest BCUT2D eigenvalue weighted by molar-refractivity contribution is 5.96. The van der Waals surface area contributed by atoms with Gasteiger partial charge in [-0.25, -0.2) is 0 Å². The summed E-state index contributed by atoms with van der Waals surface area (Å²) in [6.45, 7) is 1.99. The molecule has 0 heterocycles. The van der Waals surface area contributed by atoms with Crippen molar-refractivity contribution in [2.75, 3.05) is 58.2 Å². The van der Waals surface area contributed by atoms with Gasteiger partial charge in [-0.15, -0.1) is 0 Å². The van der Waals surface area contributed by atoms with E-state index < -0.39 is 0 Å². The number of rotatable bonds is 8. The van der Waals surface area contributed by atoms with Gasteiger partial charge in [-0.2, -0.15) is 0 Å². The number of carbonyl (C=O) groups is 1. The Kier molecular flexibility index (Phi) is 6.83. The molecule has 0 saturated heterocycles. The minimum absolute atomic E-state index is 0.155.